The van der Waals surface area contributed by atoms with Crippen molar-refractivity contribution in [3.05, 3.63) is 0 Å². The maximum absolute atomic E-state index is 6.01. The fourth-order valence-corrected chi connectivity index (χ4v) is 3.25. The van der Waals surface area contributed by atoms with Gasteiger partial charge in [0.15, 0.2) is 0 Å². The molecule has 0 aliphatic heterocycles. The Balaban J connectivity index is 1.53. The molecule has 0 aromatic rings. The van der Waals surface area contributed by atoms with Crippen LogP contribution in [0.5, 0.6) is 0 Å². The van der Waals surface area contributed by atoms with E-state index in [9.17, 15) is 0 Å². The van der Waals surface area contributed by atoms with Crippen molar-refractivity contribution < 1.29 is 4.74 Å². The van der Waals surface area contributed by atoms with E-state index in [4.69, 9.17) is 4.74 Å². The predicted molar refractivity (Wildman–Crippen MR) is 68.6 cm³/mol. The summed E-state index contributed by atoms with van der Waals surface area (Å²) >= 11 is 0. The molecule has 0 radical (unpaired) electrons. The summed E-state index contributed by atoms with van der Waals surface area (Å²) in [6, 6.07) is 0. The van der Waals surface area contributed by atoms with Crippen molar-refractivity contribution in [2.45, 2.75) is 77.2 Å². The molecule has 0 aromatic heterocycles. The fourth-order valence-electron chi connectivity index (χ4n) is 3.25. The zero-order valence-corrected chi connectivity index (χ0v) is 10.9. The Morgan fingerprint density at radius 1 is 0.875 bits per heavy atom. The van der Waals surface area contributed by atoms with Gasteiger partial charge in [-0.05, 0) is 31.1 Å². The first-order valence-electron chi connectivity index (χ1n) is 7.46. The molecule has 0 unspecified atom stereocenters. The van der Waals surface area contributed by atoms with Crippen LogP contribution in [0.25, 0.3) is 0 Å². The van der Waals surface area contributed by atoms with Crippen LogP contribution in [0, 0.1) is 11.8 Å². The summed E-state index contributed by atoms with van der Waals surface area (Å²) in [6.45, 7) is 3.43. The van der Waals surface area contributed by atoms with Crippen LogP contribution in [0.1, 0.15) is 71.1 Å². The average Bonchev–Trinajstić information content (AvgIpc) is 2.33. The normalized spacial score (nSPS) is 32.8. The highest BCUT2D eigenvalue weighted by molar-refractivity contribution is 4.70. The minimum Gasteiger partial charge on any atom is -0.378 e. The van der Waals surface area contributed by atoms with Gasteiger partial charge in [0.1, 0.15) is 0 Å². The lowest BCUT2D eigenvalue weighted by Gasteiger charge is -2.27. The van der Waals surface area contributed by atoms with Gasteiger partial charge in [0.2, 0.25) is 0 Å². The molecule has 0 aromatic carbocycles. The van der Waals surface area contributed by atoms with Gasteiger partial charge in [-0.1, -0.05) is 51.9 Å². The Morgan fingerprint density at radius 3 is 2.25 bits per heavy atom. The summed E-state index contributed by atoms with van der Waals surface area (Å²) in [5, 5.41) is 0. The summed E-state index contributed by atoms with van der Waals surface area (Å²) in [5.74, 6) is 1.95. The summed E-state index contributed by atoms with van der Waals surface area (Å²) in [5.41, 5.74) is 0. The molecule has 2 aliphatic rings. The van der Waals surface area contributed by atoms with E-state index >= 15 is 0 Å². The molecule has 0 atom stereocenters. The molecule has 0 heterocycles. The monoisotopic (exact) mass is 224 g/mol. The third kappa shape index (κ3) is 4.08. The number of ether oxygens (including phenoxy) is 1. The largest absolute Gasteiger partial charge is 0.378 e. The second-order valence-corrected chi connectivity index (χ2v) is 6.05. The van der Waals surface area contributed by atoms with Crippen LogP contribution in [0.2, 0.25) is 0 Å². The van der Waals surface area contributed by atoms with E-state index < -0.39 is 0 Å². The molecule has 16 heavy (non-hydrogen) atoms. The molecule has 0 saturated heterocycles. The van der Waals surface area contributed by atoms with E-state index in [-0.39, 0.29) is 0 Å². The molecule has 0 bridgehead atoms. The molecule has 2 saturated carbocycles. The maximum atomic E-state index is 6.01. The van der Waals surface area contributed by atoms with Crippen molar-refractivity contribution in [2.75, 3.05) is 6.61 Å². The highest BCUT2D eigenvalue weighted by Gasteiger charge is 2.19. The first-order chi connectivity index (χ1) is 7.84. The Kier molecular flexibility index (Phi) is 5.15. The lowest BCUT2D eigenvalue weighted by Crippen LogP contribution is -2.19. The molecular formula is C15H28O. The zero-order valence-electron chi connectivity index (χ0n) is 10.9. The van der Waals surface area contributed by atoms with Crippen LogP contribution in [0.3, 0.4) is 0 Å². The maximum Gasteiger partial charge on any atom is 0.0575 e. The van der Waals surface area contributed by atoms with Gasteiger partial charge in [0, 0.05) is 6.61 Å². The number of rotatable bonds is 4. The lowest BCUT2D eigenvalue weighted by molar-refractivity contribution is 0.0183. The standard InChI is InChI=1S/C15H28O/c1-13-7-9-14(10-8-13)11-12-16-15-5-3-2-4-6-15/h13-15H,2-12H2,1H3. The van der Waals surface area contributed by atoms with Crippen LogP contribution in [-0.2, 0) is 4.74 Å². The first kappa shape index (κ1) is 12.4. The van der Waals surface area contributed by atoms with Crippen LogP contribution < -0.4 is 0 Å². The van der Waals surface area contributed by atoms with E-state index in [1.165, 1.54) is 64.2 Å². The second-order valence-electron chi connectivity index (χ2n) is 6.05. The van der Waals surface area contributed by atoms with Gasteiger partial charge in [-0.2, -0.15) is 0 Å². The summed E-state index contributed by atoms with van der Waals surface area (Å²) < 4.78 is 6.01. The van der Waals surface area contributed by atoms with Crippen LogP contribution >= 0.6 is 0 Å². The second kappa shape index (κ2) is 6.64. The van der Waals surface area contributed by atoms with Crippen molar-refractivity contribution in [2.24, 2.45) is 11.8 Å². The van der Waals surface area contributed by atoms with Gasteiger partial charge >= 0.3 is 0 Å². The molecule has 1 heteroatoms. The molecular weight excluding hydrogens is 196 g/mol. The van der Waals surface area contributed by atoms with Crippen LogP contribution in [0.15, 0.2) is 0 Å². The Bertz CT molecular complexity index is 176. The smallest absolute Gasteiger partial charge is 0.0575 e. The van der Waals surface area contributed by atoms with Gasteiger partial charge in [-0.3, -0.25) is 0 Å². The van der Waals surface area contributed by atoms with Gasteiger partial charge in [-0.25, -0.2) is 0 Å². The SMILES string of the molecule is CC1CCC(CCOC2CCCCC2)CC1. The first-order valence-corrected chi connectivity index (χ1v) is 7.46. The molecule has 0 N–H and O–H groups in total. The summed E-state index contributed by atoms with van der Waals surface area (Å²) in [4.78, 5) is 0. The number of hydrogen-bond donors (Lipinski definition) is 0. The Labute approximate surface area is 101 Å². The van der Waals surface area contributed by atoms with E-state index in [1.807, 2.05) is 0 Å². The molecule has 2 fully saturated rings. The topological polar surface area (TPSA) is 9.23 Å². The van der Waals surface area contributed by atoms with E-state index in [2.05, 4.69) is 6.92 Å². The van der Waals surface area contributed by atoms with E-state index in [0.717, 1.165) is 18.4 Å². The highest BCUT2D eigenvalue weighted by Crippen LogP contribution is 2.30. The van der Waals surface area contributed by atoms with Crippen LogP contribution in [-0.4, -0.2) is 12.7 Å². The minimum atomic E-state index is 0.608. The molecule has 0 amide bonds. The Morgan fingerprint density at radius 2 is 1.56 bits per heavy atom. The van der Waals surface area contributed by atoms with Gasteiger partial charge < -0.3 is 4.74 Å². The summed E-state index contributed by atoms with van der Waals surface area (Å²) in [7, 11) is 0. The third-order valence-electron chi connectivity index (χ3n) is 4.57. The lowest BCUT2D eigenvalue weighted by atomic mass is 9.81. The van der Waals surface area contributed by atoms with Gasteiger partial charge in [0.25, 0.3) is 0 Å². The van der Waals surface area contributed by atoms with E-state index in [0.29, 0.717) is 6.10 Å². The highest BCUT2D eigenvalue weighted by atomic mass is 16.5. The molecule has 1 nitrogen and oxygen atoms in total. The van der Waals surface area contributed by atoms with Gasteiger partial charge in [-0.15, -0.1) is 0 Å². The quantitative estimate of drug-likeness (QED) is 0.680. The zero-order chi connectivity index (χ0) is 11.2. The average molecular weight is 224 g/mol. The molecule has 2 rings (SSSR count). The molecule has 2 aliphatic carbocycles. The van der Waals surface area contributed by atoms with Crippen molar-refractivity contribution in [1.29, 1.82) is 0 Å². The predicted octanol–water partition coefficient (Wildman–Crippen LogP) is 4.55. The summed E-state index contributed by atoms with van der Waals surface area (Å²) in [6.07, 6.45) is 14.6. The molecule has 94 valence electrons. The fraction of sp³-hybridized carbons (Fsp3) is 1.00. The third-order valence-corrected chi connectivity index (χ3v) is 4.57. The van der Waals surface area contributed by atoms with Crippen molar-refractivity contribution in [1.82, 2.24) is 0 Å². The van der Waals surface area contributed by atoms with Crippen LogP contribution in [0.4, 0.5) is 0 Å². The van der Waals surface area contributed by atoms with Crippen molar-refractivity contribution >= 4 is 0 Å². The van der Waals surface area contributed by atoms with E-state index in [1.54, 1.807) is 0 Å². The Hall–Kier alpha value is -0.0400. The minimum absolute atomic E-state index is 0.608. The number of hydrogen-bond acceptors (Lipinski definition) is 1. The van der Waals surface area contributed by atoms with Crippen molar-refractivity contribution in [3.8, 4) is 0 Å². The van der Waals surface area contributed by atoms with Gasteiger partial charge in [0.05, 0.1) is 6.10 Å². The van der Waals surface area contributed by atoms with Crippen molar-refractivity contribution in [3.63, 3.8) is 0 Å². The molecule has 0 spiro atoms.